The summed E-state index contributed by atoms with van der Waals surface area (Å²) in [5, 5.41) is 33.7. The van der Waals surface area contributed by atoms with E-state index >= 15 is 0 Å². The molecule has 1 aliphatic rings. The third-order valence-electron chi connectivity index (χ3n) is 5.10. The monoisotopic (exact) mass is 617 g/mol. The second kappa shape index (κ2) is 15.8. The maximum Gasteiger partial charge on any atom is 3.00 e. The molecule has 34 heavy (non-hydrogen) atoms. The number of hydrogen-bond donors (Lipinski definition) is 1. The molecule has 2 N–H and O–H groups in total. The van der Waals surface area contributed by atoms with Gasteiger partial charge < -0.3 is 40.2 Å². The predicted octanol–water partition coefficient (Wildman–Crippen LogP) is -4.59. The van der Waals surface area contributed by atoms with Crippen LogP contribution in [0.3, 0.4) is 0 Å². The van der Waals surface area contributed by atoms with E-state index < -0.39 is 30.7 Å². The molecule has 11 nitrogen and oxygen atoms in total. The molecule has 1 aromatic carbocycles. The van der Waals surface area contributed by atoms with Crippen molar-refractivity contribution in [2.75, 3.05) is 52.4 Å². The van der Waals surface area contributed by atoms with Crippen LogP contribution in [0.4, 0.5) is 0 Å². The number of hydrogen-bond acceptors (Lipinski definition) is 11. The van der Waals surface area contributed by atoms with Crippen molar-refractivity contribution < 1.29 is 74.4 Å². The predicted molar refractivity (Wildman–Crippen MR) is 111 cm³/mol. The zero-order valence-electron chi connectivity index (χ0n) is 18.6. The van der Waals surface area contributed by atoms with E-state index in [4.69, 9.17) is 10.5 Å². The van der Waals surface area contributed by atoms with Crippen LogP contribution in [0.5, 0.6) is 5.75 Å². The van der Waals surface area contributed by atoms with Crippen LogP contribution in [-0.4, -0.2) is 91.2 Å². The second-order valence-electron chi connectivity index (χ2n) is 7.67. The molecule has 2 rings (SSSR count). The summed E-state index contributed by atoms with van der Waals surface area (Å²) >= 11 is 0. The first-order valence-corrected chi connectivity index (χ1v) is 10.5. The number of rotatable bonds is 9. The molecule has 0 aliphatic carbocycles. The molecule has 1 fully saturated rings. The number of aliphatic carboxylic acids is 3. The Morgan fingerprint density at radius 3 is 2.09 bits per heavy atom. The average molecular weight is 617 g/mol. The molecular formula is C22H27GdN4O7. The molecule has 0 amide bonds. The van der Waals surface area contributed by atoms with Crippen molar-refractivity contribution in [3.8, 4) is 17.7 Å². The summed E-state index contributed by atoms with van der Waals surface area (Å²) in [6.45, 7) is 0.0556. The maximum absolute atomic E-state index is 11.4. The van der Waals surface area contributed by atoms with Gasteiger partial charge in [-0.15, -0.1) is 0 Å². The summed E-state index contributed by atoms with van der Waals surface area (Å²) in [4.78, 5) is 38.4. The maximum atomic E-state index is 11.4. The van der Waals surface area contributed by atoms with Crippen molar-refractivity contribution >= 4 is 17.9 Å². The molecule has 12 heteroatoms. The van der Waals surface area contributed by atoms with Crippen LogP contribution in [0.1, 0.15) is 12.0 Å². The van der Waals surface area contributed by atoms with Crippen molar-refractivity contribution in [1.82, 2.24) is 14.7 Å². The number of ether oxygens (including phenoxy) is 1. The molecular weight excluding hydrogens is 590 g/mol. The van der Waals surface area contributed by atoms with Gasteiger partial charge in [0.25, 0.3) is 0 Å². The van der Waals surface area contributed by atoms with Gasteiger partial charge in [-0.2, -0.15) is 0 Å². The zero-order chi connectivity index (χ0) is 24.2. The van der Waals surface area contributed by atoms with Gasteiger partial charge in [-0.1, -0.05) is 18.1 Å². The van der Waals surface area contributed by atoms with E-state index in [1.165, 1.54) is 4.90 Å². The van der Waals surface area contributed by atoms with Gasteiger partial charge in [0.05, 0.1) is 17.9 Å². The number of carbonyl (C=O) groups excluding carboxylic acids is 3. The van der Waals surface area contributed by atoms with E-state index in [2.05, 4.69) is 12.0 Å². The van der Waals surface area contributed by atoms with Crippen molar-refractivity contribution in [3.05, 3.63) is 29.8 Å². The Hall–Kier alpha value is -2.01. The molecule has 0 saturated carbocycles. The van der Waals surface area contributed by atoms with Gasteiger partial charge >= 0.3 is 39.9 Å². The van der Waals surface area contributed by atoms with Crippen LogP contribution in [-0.2, 0) is 20.8 Å². The van der Waals surface area contributed by atoms with Crippen molar-refractivity contribution in [2.45, 2.75) is 19.1 Å². The topological polar surface area (TPSA) is 165 Å². The van der Waals surface area contributed by atoms with Crippen LogP contribution in [0.25, 0.3) is 0 Å². The summed E-state index contributed by atoms with van der Waals surface area (Å²) in [5.74, 6) is -0.674. The Kier molecular flexibility index (Phi) is 14.0. The van der Waals surface area contributed by atoms with E-state index in [9.17, 15) is 29.7 Å². The molecule has 0 spiro atoms. The fraction of sp³-hybridized carbons (Fsp3) is 0.500. The summed E-state index contributed by atoms with van der Waals surface area (Å²) < 4.78 is 6.06. The standard InChI is InChI=1S/C22H30N4O7.Gd/c23-8-1-3-17-4-6-18(7-5-17)33-19-13-25(15-21(29)30)10-2-9-24(14-20(27)28)11-12-26(19)16-22(31)32;/h4-7,19H,2-3,9-16,23H2,(H,27,28)(H,29,30)(H,31,32);/q;+3/p-3. The van der Waals surface area contributed by atoms with Crippen LogP contribution in [0, 0.1) is 51.9 Å². The van der Waals surface area contributed by atoms with Crippen molar-refractivity contribution in [2.24, 2.45) is 5.73 Å². The Morgan fingerprint density at radius 1 is 0.912 bits per heavy atom. The fourth-order valence-electron chi connectivity index (χ4n) is 3.59. The minimum Gasteiger partial charge on any atom is -0.549 e. The van der Waals surface area contributed by atoms with E-state index in [0.29, 0.717) is 31.7 Å². The Bertz CT molecular complexity index is 872. The fourth-order valence-corrected chi connectivity index (χ4v) is 3.59. The largest absolute Gasteiger partial charge is 3.00 e. The molecule has 1 aromatic rings. The second-order valence-corrected chi connectivity index (χ2v) is 7.67. The zero-order valence-corrected chi connectivity index (χ0v) is 20.9. The van der Waals surface area contributed by atoms with Gasteiger partial charge in [0.1, 0.15) is 5.75 Å². The third-order valence-corrected chi connectivity index (χ3v) is 5.10. The van der Waals surface area contributed by atoms with E-state index in [0.717, 1.165) is 5.56 Å². The van der Waals surface area contributed by atoms with Crippen LogP contribution >= 0.6 is 0 Å². The van der Waals surface area contributed by atoms with Crippen LogP contribution < -0.4 is 25.8 Å². The first kappa shape index (κ1) is 30.0. The first-order chi connectivity index (χ1) is 15.8. The number of nitrogens with two attached hydrogens (primary N) is 1. The SMILES string of the molecule is NC#CCc1ccc(OC2CN(CC(=O)[O-])CCCN(CC(=O)[O-])CCN2CC(=O)[O-])cc1.[Gd+3]. The molecule has 1 heterocycles. The molecule has 1 radical (unpaired) electrons. The number of benzene rings is 1. The van der Waals surface area contributed by atoms with Crippen LogP contribution in [0.2, 0.25) is 0 Å². The van der Waals surface area contributed by atoms with Gasteiger partial charge in [0.2, 0.25) is 0 Å². The third kappa shape index (κ3) is 11.4. The summed E-state index contributed by atoms with van der Waals surface area (Å²) in [6, 6.07) is 9.32. The minimum atomic E-state index is -1.34. The smallest absolute Gasteiger partial charge is 0.549 e. The van der Waals surface area contributed by atoms with Gasteiger partial charge in [-0.25, -0.2) is 0 Å². The minimum absolute atomic E-state index is 0. The summed E-state index contributed by atoms with van der Waals surface area (Å²) in [5.41, 5.74) is 6.10. The van der Waals surface area contributed by atoms with Gasteiger partial charge in [0.15, 0.2) is 6.23 Å². The average Bonchev–Trinajstić information content (AvgIpc) is 2.74. The summed E-state index contributed by atoms with van der Waals surface area (Å²) in [6.07, 6.45) is 0.134. The molecule has 0 aromatic heterocycles. The number of carbonyl (C=O) groups is 3. The molecule has 1 unspecified atom stereocenters. The van der Waals surface area contributed by atoms with E-state index in [1.807, 2.05) is 0 Å². The molecule has 185 valence electrons. The van der Waals surface area contributed by atoms with E-state index in [1.54, 1.807) is 34.1 Å². The Morgan fingerprint density at radius 2 is 1.50 bits per heavy atom. The van der Waals surface area contributed by atoms with Crippen molar-refractivity contribution in [1.29, 1.82) is 0 Å². The van der Waals surface area contributed by atoms with E-state index in [-0.39, 0.29) is 72.7 Å². The normalized spacial score (nSPS) is 18.1. The number of carboxylic acid groups (broad SMARTS) is 3. The number of nitrogens with zero attached hydrogens (tertiary/aromatic N) is 3. The van der Waals surface area contributed by atoms with Gasteiger partial charge in [0, 0.05) is 51.7 Å². The quantitative estimate of drug-likeness (QED) is 0.210. The first-order valence-electron chi connectivity index (χ1n) is 10.5. The molecule has 1 atom stereocenters. The number of carboxylic acids is 3. The van der Waals surface area contributed by atoms with Crippen molar-refractivity contribution in [3.63, 3.8) is 0 Å². The van der Waals surface area contributed by atoms with Crippen LogP contribution in [0.15, 0.2) is 24.3 Å². The molecule has 1 saturated heterocycles. The Labute approximate surface area is 230 Å². The summed E-state index contributed by atoms with van der Waals surface area (Å²) in [7, 11) is 0. The van der Waals surface area contributed by atoms with Gasteiger partial charge in [-0.05, 0) is 37.2 Å². The van der Waals surface area contributed by atoms with Gasteiger partial charge in [-0.3, -0.25) is 14.7 Å². The Balaban J connectivity index is 0.00000578. The molecule has 0 bridgehead atoms. The molecule has 1 aliphatic heterocycles.